The van der Waals surface area contributed by atoms with Crippen LogP contribution in [0.25, 0.3) is 0 Å². The summed E-state index contributed by atoms with van der Waals surface area (Å²) in [5.74, 6) is 0.435. The Labute approximate surface area is 128 Å². The molecule has 1 aromatic rings. The van der Waals surface area contributed by atoms with E-state index in [-0.39, 0.29) is 12.5 Å². The Bertz CT molecular complexity index is 646. The molecule has 6 heteroatoms. The van der Waals surface area contributed by atoms with Gasteiger partial charge in [-0.1, -0.05) is 0 Å². The van der Waals surface area contributed by atoms with Gasteiger partial charge in [-0.3, -0.25) is 0 Å². The number of ether oxygens (including phenoxy) is 1. The molecule has 0 saturated heterocycles. The van der Waals surface area contributed by atoms with Crippen LogP contribution in [0, 0.1) is 17.2 Å². The van der Waals surface area contributed by atoms with Crippen molar-refractivity contribution in [2.24, 2.45) is 5.92 Å². The highest BCUT2D eigenvalue weighted by atomic mass is 16.5. The summed E-state index contributed by atoms with van der Waals surface area (Å²) in [5, 5.41) is 20.4. The maximum atomic E-state index is 10.9. The normalized spacial score (nSPS) is 16.5. The highest BCUT2D eigenvalue weighted by Crippen LogP contribution is 2.32. The van der Waals surface area contributed by atoms with Gasteiger partial charge in [0.15, 0.2) is 0 Å². The number of carbonyl (C=O) groups excluding carboxylic acids is 1. The number of nitriles is 1. The maximum absolute atomic E-state index is 10.9. The summed E-state index contributed by atoms with van der Waals surface area (Å²) < 4.78 is 5.64. The minimum absolute atomic E-state index is 0.0810. The molecule has 1 aliphatic rings. The first-order valence-corrected chi connectivity index (χ1v) is 7.00. The number of nitrogens with one attached hydrogen (secondary N) is 1. The Morgan fingerprint density at radius 1 is 1.55 bits per heavy atom. The van der Waals surface area contributed by atoms with E-state index in [0.29, 0.717) is 24.2 Å². The second-order valence-electron chi connectivity index (χ2n) is 6.13. The van der Waals surface area contributed by atoms with Gasteiger partial charge in [0.05, 0.1) is 17.2 Å². The maximum Gasteiger partial charge on any atom is 0.405 e. The largest absolute Gasteiger partial charge is 0.491 e. The molecule has 1 amide bonds. The summed E-state index contributed by atoms with van der Waals surface area (Å²) in [6, 6.07) is 5.61. The first-order valence-electron chi connectivity index (χ1n) is 7.00. The summed E-state index contributed by atoms with van der Waals surface area (Å²) in [6.45, 7) is 3.56. The van der Waals surface area contributed by atoms with Crippen molar-refractivity contribution in [1.29, 1.82) is 5.26 Å². The predicted octanol–water partition coefficient (Wildman–Crippen LogP) is 1.90. The van der Waals surface area contributed by atoms with Crippen molar-refractivity contribution in [2.75, 3.05) is 6.61 Å². The first kappa shape index (κ1) is 15.8. The molecule has 1 atom stereocenters. The fourth-order valence-electron chi connectivity index (χ4n) is 2.61. The van der Waals surface area contributed by atoms with Crippen LogP contribution in [-0.4, -0.2) is 29.6 Å². The number of hydrogen-bond acceptors (Lipinski definition) is 4. The smallest absolute Gasteiger partial charge is 0.405 e. The molecule has 2 rings (SSSR count). The van der Waals surface area contributed by atoms with Gasteiger partial charge >= 0.3 is 6.09 Å². The van der Waals surface area contributed by atoms with Gasteiger partial charge in [-0.05, 0) is 49.9 Å². The van der Waals surface area contributed by atoms with Crippen molar-refractivity contribution in [3.63, 3.8) is 0 Å². The number of fused-ring (bicyclic) bond motifs is 1. The number of nitrogens with zero attached hydrogens (tertiary/aromatic N) is 1. The van der Waals surface area contributed by atoms with E-state index in [1.807, 2.05) is 6.07 Å². The molecule has 1 aromatic carbocycles. The molecule has 0 aliphatic heterocycles. The fraction of sp³-hybridized carbons (Fsp3) is 0.438. The molecule has 2 N–H and O–H groups in total. The average molecular weight is 302 g/mol. The Kier molecular flexibility index (Phi) is 4.36. The van der Waals surface area contributed by atoms with Crippen LogP contribution in [0.3, 0.4) is 0 Å². The Morgan fingerprint density at radius 3 is 2.86 bits per heavy atom. The number of rotatable bonds is 5. The topological polar surface area (TPSA) is 99.4 Å². The second-order valence-corrected chi connectivity index (χ2v) is 6.13. The van der Waals surface area contributed by atoms with Gasteiger partial charge in [0.1, 0.15) is 18.6 Å². The summed E-state index contributed by atoms with van der Waals surface area (Å²) >= 11 is 0. The Balaban J connectivity index is 2.16. The Hall–Kier alpha value is -2.55. The lowest BCUT2D eigenvalue weighted by Crippen LogP contribution is -2.47. The number of carbonyl (C=O) groups is 2. The molecule has 0 bridgehead atoms. The van der Waals surface area contributed by atoms with Crippen molar-refractivity contribution in [2.45, 2.75) is 32.2 Å². The molecule has 0 heterocycles. The standard InChI is InChI=1S/C16H18N2O4/c1-16(2,18-15(20)21)9-22-13-5-11-3-10(8-19)4-14(11)12(6-13)7-17/h5-6,8,10,18H,3-4,9H2,1-2H3,(H,20,21). The zero-order chi connectivity index (χ0) is 16.3. The summed E-state index contributed by atoms with van der Waals surface area (Å²) in [7, 11) is 0. The van der Waals surface area contributed by atoms with Crippen LogP contribution in [0.2, 0.25) is 0 Å². The van der Waals surface area contributed by atoms with Crippen LogP contribution in [-0.2, 0) is 17.6 Å². The van der Waals surface area contributed by atoms with E-state index >= 15 is 0 Å². The predicted molar refractivity (Wildman–Crippen MR) is 78.9 cm³/mol. The summed E-state index contributed by atoms with van der Waals surface area (Å²) in [4.78, 5) is 21.6. The summed E-state index contributed by atoms with van der Waals surface area (Å²) in [6.07, 6.45) is 1.01. The van der Waals surface area contributed by atoms with Gasteiger partial charge in [0, 0.05) is 5.92 Å². The molecule has 22 heavy (non-hydrogen) atoms. The third-order valence-corrected chi connectivity index (χ3v) is 3.62. The molecule has 0 fully saturated rings. The van der Waals surface area contributed by atoms with E-state index in [1.54, 1.807) is 19.9 Å². The molecule has 1 aliphatic carbocycles. The number of aldehydes is 1. The van der Waals surface area contributed by atoms with E-state index in [4.69, 9.17) is 9.84 Å². The average Bonchev–Trinajstić information content (AvgIpc) is 2.86. The molecular weight excluding hydrogens is 284 g/mol. The number of benzene rings is 1. The lowest BCUT2D eigenvalue weighted by Gasteiger charge is -2.24. The lowest BCUT2D eigenvalue weighted by molar-refractivity contribution is -0.110. The van der Waals surface area contributed by atoms with Crippen molar-refractivity contribution in [3.05, 3.63) is 28.8 Å². The Morgan fingerprint density at radius 2 is 2.27 bits per heavy atom. The first-order chi connectivity index (χ1) is 10.3. The molecule has 0 radical (unpaired) electrons. The molecule has 0 spiro atoms. The van der Waals surface area contributed by atoms with Crippen molar-refractivity contribution >= 4 is 12.4 Å². The van der Waals surface area contributed by atoms with Gasteiger partial charge in [0.2, 0.25) is 0 Å². The van der Waals surface area contributed by atoms with Gasteiger partial charge in [0.25, 0.3) is 0 Å². The van der Waals surface area contributed by atoms with Crippen LogP contribution < -0.4 is 10.1 Å². The molecule has 0 aromatic heterocycles. The van der Waals surface area contributed by atoms with E-state index in [9.17, 15) is 14.9 Å². The second kappa shape index (κ2) is 6.06. The molecule has 116 valence electrons. The summed E-state index contributed by atoms with van der Waals surface area (Å²) in [5.41, 5.74) is 1.63. The third kappa shape index (κ3) is 3.55. The van der Waals surface area contributed by atoms with Gasteiger partial charge in [-0.15, -0.1) is 0 Å². The van der Waals surface area contributed by atoms with Crippen LogP contribution >= 0.6 is 0 Å². The molecule has 6 nitrogen and oxygen atoms in total. The number of amides is 1. The van der Waals surface area contributed by atoms with E-state index in [0.717, 1.165) is 17.4 Å². The van der Waals surface area contributed by atoms with Gasteiger partial charge < -0.3 is 20.0 Å². The van der Waals surface area contributed by atoms with E-state index in [2.05, 4.69) is 11.4 Å². The van der Waals surface area contributed by atoms with Gasteiger partial charge in [-0.2, -0.15) is 5.26 Å². The van der Waals surface area contributed by atoms with Gasteiger partial charge in [-0.25, -0.2) is 4.79 Å². The highest BCUT2D eigenvalue weighted by Gasteiger charge is 2.26. The quantitative estimate of drug-likeness (QED) is 0.809. The minimum atomic E-state index is -1.12. The molecule has 0 saturated carbocycles. The minimum Gasteiger partial charge on any atom is -0.491 e. The zero-order valence-electron chi connectivity index (χ0n) is 12.5. The molecule has 1 unspecified atom stereocenters. The highest BCUT2D eigenvalue weighted by molar-refractivity contribution is 5.65. The third-order valence-electron chi connectivity index (χ3n) is 3.62. The van der Waals surface area contributed by atoms with Crippen LogP contribution in [0.4, 0.5) is 4.79 Å². The number of carboxylic acid groups (broad SMARTS) is 1. The van der Waals surface area contributed by atoms with Crippen molar-refractivity contribution in [3.8, 4) is 11.8 Å². The van der Waals surface area contributed by atoms with E-state index < -0.39 is 11.6 Å². The molecular formula is C16H18N2O4. The van der Waals surface area contributed by atoms with Crippen LogP contribution in [0.1, 0.15) is 30.5 Å². The zero-order valence-corrected chi connectivity index (χ0v) is 12.5. The van der Waals surface area contributed by atoms with Crippen LogP contribution in [0.15, 0.2) is 12.1 Å². The van der Waals surface area contributed by atoms with Crippen molar-refractivity contribution in [1.82, 2.24) is 5.32 Å². The fourth-order valence-corrected chi connectivity index (χ4v) is 2.61. The van der Waals surface area contributed by atoms with E-state index in [1.165, 1.54) is 0 Å². The monoisotopic (exact) mass is 302 g/mol. The number of hydrogen-bond donors (Lipinski definition) is 2. The lowest BCUT2D eigenvalue weighted by atomic mass is 10.0. The SMILES string of the molecule is CC(C)(COc1cc(C#N)c2c(c1)CC(C=O)C2)NC(=O)O. The van der Waals surface area contributed by atoms with Crippen molar-refractivity contribution < 1.29 is 19.4 Å². The van der Waals surface area contributed by atoms with Crippen LogP contribution in [0.5, 0.6) is 5.75 Å².